The van der Waals surface area contributed by atoms with E-state index >= 15 is 0 Å². The predicted molar refractivity (Wildman–Crippen MR) is 83.6 cm³/mol. The van der Waals surface area contributed by atoms with Gasteiger partial charge >= 0.3 is 0 Å². The Morgan fingerprint density at radius 3 is 2.45 bits per heavy atom. The van der Waals surface area contributed by atoms with Crippen LogP contribution in [0.25, 0.3) is 0 Å². The van der Waals surface area contributed by atoms with Crippen molar-refractivity contribution in [3.63, 3.8) is 0 Å². The molecular formula is C13H15Cl3O3S. The molecule has 0 heterocycles. The van der Waals surface area contributed by atoms with Gasteiger partial charge in [-0.3, -0.25) is 0 Å². The Balaban J connectivity index is 3.28. The van der Waals surface area contributed by atoms with Gasteiger partial charge in [0, 0.05) is 16.2 Å². The maximum absolute atomic E-state index is 11.5. The summed E-state index contributed by atoms with van der Waals surface area (Å²) in [4.78, 5) is 0.0919. The van der Waals surface area contributed by atoms with Crippen LogP contribution >= 0.6 is 33.9 Å². The topological polar surface area (TPSA) is 43.4 Å². The van der Waals surface area contributed by atoms with Crippen molar-refractivity contribution in [3.05, 3.63) is 33.8 Å². The molecule has 0 saturated heterocycles. The quantitative estimate of drug-likeness (QED) is 0.715. The molecule has 7 heteroatoms. The molecule has 0 aromatic heterocycles. The zero-order valence-electron chi connectivity index (χ0n) is 11.3. The Morgan fingerprint density at radius 2 is 2.00 bits per heavy atom. The molecule has 0 amide bonds. The zero-order valence-corrected chi connectivity index (χ0v) is 14.4. The lowest BCUT2D eigenvalue weighted by Gasteiger charge is -2.16. The van der Waals surface area contributed by atoms with Gasteiger partial charge in [-0.15, -0.1) is 0 Å². The molecule has 0 saturated carbocycles. The lowest BCUT2D eigenvalue weighted by molar-refractivity contribution is 0.353. The molecule has 0 radical (unpaired) electrons. The van der Waals surface area contributed by atoms with Gasteiger partial charge in [-0.25, -0.2) is 8.42 Å². The minimum atomic E-state index is -3.78. The molecule has 0 fully saturated rings. The number of aryl methyl sites for hydroxylation is 1. The smallest absolute Gasteiger partial charge is 0.261 e. The van der Waals surface area contributed by atoms with E-state index in [1.165, 1.54) is 11.6 Å². The monoisotopic (exact) mass is 356 g/mol. The van der Waals surface area contributed by atoms with Crippen LogP contribution in [0.4, 0.5) is 0 Å². The first-order valence-corrected chi connectivity index (χ1v) is 8.96. The molecule has 1 aromatic rings. The zero-order chi connectivity index (χ0) is 15.5. The van der Waals surface area contributed by atoms with Gasteiger partial charge in [0.25, 0.3) is 9.05 Å². The third kappa shape index (κ3) is 4.55. The highest BCUT2D eigenvalue weighted by Crippen LogP contribution is 2.33. The molecular weight excluding hydrogens is 343 g/mol. The Bertz CT molecular complexity index is 622. The molecule has 3 nitrogen and oxygen atoms in total. The second-order valence-corrected chi connectivity index (χ2v) is 7.83. The number of hydrogen-bond donors (Lipinski definition) is 0. The third-order valence-corrected chi connectivity index (χ3v) is 4.73. The van der Waals surface area contributed by atoms with Crippen molar-refractivity contribution in [2.24, 2.45) is 0 Å². The van der Waals surface area contributed by atoms with Crippen molar-refractivity contribution < 1.29 is 13.2 Å². The van der Waals surface area contributed by atoms with Gasteiger partial charge in [-0.1, -0.05) is 37.0 Å². The number of halogens is 3. The minimum Gasteiger partial charge on any atom is -0.488 e. The lowest BCUT2D eigenvalue weighted by atomic mass is 10.0. The van der Waals surface area contributed by atoms with Gasteiger partial charge in [0.1, 0.15) is 12.4 Å². The van der Waals surface area contributed by atoms with E-state index < -0.39 is 9.05 Å². The summed E-state index contributed by atoms with van der Waals surface area (Å²) >= 11 is 11.2. The molecule has 1 aromatic carbocycles. The number of ether oxygens (including phenoxy) is 1. The van der Waals surface area contributed by atoms with Crippen LogP contribution in [-0.4, -0.2) is 15.0 Å². The van der Waals surface area contributed by atoms with E-state index in [9.17, 15) is 8.42 Å². The van der Waals surface area contributed by atoms with Gasteiger partial charge < -0.3 is 4.74 Å². The number of hydrogen-bond acceptors (Lipinski definition) is 3. The van der Waals surface area contributed by atoms with E-state index in [1.54, 1.807) is 13.0 Å². The number of benzene rings is 1. The number of rotatable bonds is 5. The first-order chi connectivity index (χ1) is 9.16. The SMILES string of the molecule is Cc1cc(OC/C(Cl)=C/Cl)c(C(C)C)cc1S(=O)(=O)Cl. The molecule has 0 N–H and O–H groups in total. The van der Waals surface area contributed by atoms with Crippen molar-refractivity contribution >= 4 is 42.9 Å². The molecule has 1 rings (SSSR count). The summed E-state index contributed by atoms with van der Waals surface area (Å²) in [7, 11) is 1.64. The normalized spacial score (nSPS) is 12.8. The Morgan fingerprint density at radius 1 is 1.40 bits per heavy atom. The largest absolute Gasteiger partial charge is 0.488 e. The summed E-state index contributed by atoms with van der Waals surface area (Å²) in [6.07, 6.45) is 0. The summed E-state index contributed by atoms with van der Waals surface area (Å²) in [5.74, 6) is 0.639. The van der Waals surface area contributed by atoms with Crippen LogP contribution in [0.5, 0.6) is 5.75 Å². The summed E-state index contributed by atoms with van der Waals surface area (Å²) in [6, 6.07) is 3.18. The van der Waals surface area contributed by atoms with Crippen LogP contribution in [0.2, 0.25) is 0 Å². The second-order valence-electron chi connectivity index (χ2n) is 4.59. The summed E-state index contributed by atoms with van der Waals surface area (Å²) in [6.45, 7) is 5.64. The van der Waals surface area contributed by atoms with Gasteiger partial charge in [-0.05, 0) is 36.1 Å². The van der Waals surface area contributed by atoms with E-state index in [2.05, 4.69) is 0 Å². The highest BCUT2D eigenvalue weighted by molar-refractivity contribution is 8.13. The van der Waals surface area contributed by atoms with E-state index in [-0.39, 0.29) is 17.4 Å². The van der Waals surface area contributed by atoms with E-state index in [0.717, 1.165) is 5.56 Å². The maximum Gasteiger partial charge on any atom is 0.261 e. The second kappa shape index (κ2) is 7.03. The maximum atomic E-state index is 11.5. The molecule has 0 aliphatic heterocycles. The Kier molecular flexibility index (Phi) is 6.20. The van der Waals surface area contributed by atoms with Gasteiger partial charge in [-0.2, -0.15) is 0 Å². The summed E-state index contributed by atoms with van der Waals surface area (Å²) in [5, 5.41) is 0.355. The third-order valence-electron chi connectivity index (χ3n) is 2.68. The summed E-state index contributed by atoms with van der Waals surface area (Å²) in [5.41, 5.74) is 2.49. The highest BCUT2D eigenvalue weighted by Gasteiger charge is 2.19. The molecule has 112 valence electrons. The molecule has 0 spiro atoms. The van der Waals surface area contributed by atoms with Crippen molar-refractivity contribution in [3.8, 4) is 5.75 Å². The van der Waals surface area contributed by atoms with Crippen LogP contribution in [0.3, 0.4) is 0 Å². The van der Waals surface area contributed by atoms with Crippen LogP contribution in [0.1, 0.15) is 30.9 Å². The lowest BCUT2D eigenvalue weighted by Crippen LogP contribution is -2.05. The molecule has 20 heavy (non-hydrogen) atoms. The van der Waals surface area contributed by atoms with Gasteiger partial charge in [0.05, 0.1) is 9.93 Å². The van der Waals surface area contributed by atoms with E-state index in [4.69, 9.17) is 38.6 Å². The minimum absolute atomic E-state index is 0.0709. The van der Waals surface area contributed by atoms with Crippen LogP contribution in [0.15, 0.2) is 27.6 Å². The Labute approximate surface area is 133 Å². The predicted octanol–water partition coefficient (Wildman–Crippen LogP) is 4.74. The average Bonchev–Trinajstić information content (AvgIpc) is 2.33. The van der Waals surface area contributed by atoms with Crippen LogP contribution in [0, 0.1) is 6.92 Å². The van der Waals surface area contributed by atoms with E-state index in [1.807, 2.05) is 13.8 Å². The van der Waals surface area contributed by atoms with Crippen molar-refractivity contribution in [2.75, 3.05) is 6.61 Å². The average molecular weight is 358 g/mol. The molecule has 0 unspecified atom stereocenters. The first kappa shape index (κ1) is 17.6. The van der Waals surface area contributed by atoms with Crippen molar-refractivity contribution in [1.82, 2.24) is 0 Å². The standard InChI is InChI=1S/C13H15Cl3O3S/c1-8(2)11-5-13(20(16,17)18)9(3)4-12(11)19-7-10(15)6-14/h4-6,8H,7H2,1-3H3/b10-6-. The fraction of sp³-hybridized carbons (Fsp3) is 0.385. The Hall–Kier alpha value is -0.420. The van der Waals surface area contributed by atoms with E-state index in [0.29, 0.717) is 16.3 Å². The van der Waals surface area contributed by atoms with Crippen molar-refractivity contribution in [1.29, 1.82) is 0 Å². The fourth-order valence-electron chi connectivity index (χ4n) is 1.69. The summed E-state index contributed by atoms with van der Waals surface area (Å²) < 4.78 is 28.6. The molecule has 0 aliphatic carbocycles. The molecule has 0 bridgehead atoms. The fourth-order valence-corrected chi connectivity index (χ4v) is 3.02. The van der Waals surface area contributed by atoms with Crippen LogP contribution in [-0.2, 0) is 9.05 Å². The molecule has 0 aliphatic rings. The first-order valence-electron chi connectivity index (χ1n) is 5.83. The van der Waals surface area contributed by atoms with Gasteiger partial charge in [0.15, 0.2) is 0 Å². The van der Waals surface area contributed by atoms with Crippen molar-refractivity contribution in [2.45, 2.75) is 31.6 Å². The van der Waals surface area contributed by atoms with Gasteiger partial charge in [0.2, 0.25) is 0 Å². The highest BCUT2D eigenvalue weighted by atomic mass is 35.7. The van der Waals surface area contributed by atoms with Crippen LogP contribution < -0.4 is 4.74 Å². The molecule has 0 atom stereocenters.